The van der Waals surface area contributed by atoms with Gasteiger partial charge in [-0.1, -0.05) is 60.2 Å². The molecule has 0 saturated heterocycles. The van der Waals surface area contributed by atoms with Gasteiger partial charge in [-0.3, -0.25) is 9.59 Å². The van der Waals surface area contributed by atoms with Crippen molar-refractivity contribution in [2.75, 3.05) is 5.32 Å². The van der Waals surface area contributed by atoms with Crippen LogP contribution in [0.25, 0.3) is 0 Å². The predicted molar refractivity (Wildman–Crippen MR) is 128 cm³/mol. The van der Waals surface area contributed by atoms with Gasteiger partial charge in [-0.2, -0.15) is 8.42 Å². The van der Waals surface area contributed by atoms with Crippen molar-refractivity contribution in [3.63, 3.8) is 0 Å². The second-order valence-electron chi connectivity index (χ2n) is 7.91. The number of aryl methyl sites for hydroxylation is 1. The molecule has 0 amide bonds. The summed E-state index contributed by atoms with van der Waals surface area (Å²) in [4.78, 5) is 26.9. The van der Waals surface area contributed by atoms with Crippen molar-refractivity contribution in [2.24, 2.45) is 0 Å². The van der Waals surface area contributed by atoms with Crippen LogP contribution in [0.2, 0.25) is 0 Å². The van der Waals surface area contributed by atoms with E-state index in [1.165, 1.54) is 18.2 Å². The topological polar surface area (TPSA) is 89.5 Å². The monoisotopic (exact) mass is 469 g/mol. The summed E-state index contributed by atoms with van der Waals surface area (Å²) in [5.41, 5.74) is 2.44. The Bertz CT molecular complexity index is 1540. The van der Waals surface area contributed by atoms with Gasteiger partial charge >= 0.3 is 10.1 Å². The van der Waals surface area contributed by atoms with E-state index in [0.29, 0.717) is 11.4 Å². The molecule has 4 aromatic carbocycles. The minimum atomic E-state index is -4.24. The molecule has 1 aliphatic rings. The first kappa shape index (κ1) is 21.6. The van der Waals surface area contributed by atoms with Crippen molar-refractivity contribution in [2.45, 2.75) is 11.8 Å². The highest BCUT2D eigenvalue weighted by Gasteiger charge is 2.35. The number of hydrogen-bond acceptors (Lipinski definition) is 6. The zero-order chi connectivity index (χ0) is 23.9. The molecule has 0 aromatic heterocycles. The fourth-order valence-corrected chi connectivity index (χ4v) is 4.86. The van der Waals surface area contributed by atoms with Gasteiger partial charge in [0.05, 0.1) is 16.8 Å². The summed E-state index contributed by atoms with van der Waals surface area (Å²) in [5.74, 6) is -1.06. The Hall–Kier alpha value is -4.23. The van der Waals surface area contributed by atoms with E-state index >= 15 is 0 Å². The SMILES string of the molecule is Cc1ccc(S(=O)(=O)Oc2ccc(Nc3ccccc3)c3c2C(=O)c2ccccc2C3=O)cc1. The Morgan fingerprint density at radius 2 is 1.26 bits per heavy atom. The normalized spacial score (nSPS) is 12.6. The van der Waals surface area contributed by atoms with Crippen molar-refractivity contribution in [3.8, 4) is 5.75 Å². The summed E-state index contributed by atoms with van der Waals surface area (Å²) in [6.45, 7) is 1.84. The number of hydrogen-bond donors (Lipinski definition) is 1. The molecule has 0 aliphatic heterocycles. The molecular weight excluding hydrogens is 450 g/mol. The number of carbonyl (C=O) groups excluding carboxylic acids is 2. The smallest absolute Gasteiger partial charge is 0.339 e. The molecule has 1 N–H and O–H groups in total. The number of rotatable bonds is 5. The number of fused-ring (bicyclic) bond motifs is 2. The van der Waals surface area contributed by atoms with Crippen molar-refractivity contribution in [3.05, 3.63) is 119 Å². The third-order valence-corrected chi connectivity index (χ3v) is 6.85. The first-order valence-corrected chi connectivity index (χ1v) is 11.9. The highest BCUT2D eigenvalue weighted by atomic mass is 32.2. The minimum Gasteiger partial charge on any atom is -0.378 e. The molecule has 1 aliphatic carbocycles. The van der Waals surface area contributed by atoms with E-state index < -0.39 is 15.9 Å². The van der Waals surface area contributed by atoms with Gasteiger partial charge in [0.15, 0.2) is 17.3 Å². The molecule has 0 saturated carbocycles. The summed E-state index contributed by atoms with van der Waals surface area (Å²) < 4.78 is 31.4. The van der Waals surface area contributed by atoms with Gasteiger partial charge in [-0.05, 0) is 43.3 Å². The van der Waals surface area contributed by atoms with Gasteiger partial charge in [-0.25, -0.2) is 0 Å². The predicted octanol–water partition coefficient (Wildman–Crippen LogP) is 5.28. The molecule has 0 fully saturated rings. The lowest BCUT2D eigenvalue weighted by atomic mass is 9.82. The average molecular weight is 470 g/mol. The van der Waals surface area contributed by atoms with E-state index in [9.17, 15) is 18.0 Å². The van der Waals surface area contributed by atoms with E-state index in [2.05, 4.69) is 5.32 Å². The van der Waals surface area contributed by atoms with Crippen molar-refractivity contribution < 1.29 is 22.2 Å². The van der Waals surface area contributed by atoms with E-state index in [0.717, 1.165) is 5.56 Å². The van der Waals surface area contributed by atoms with Crippen LogP contribution in [0.5, 0.6) is 5.75 Å². The third kappa shape index (κ3) is 3.76. The van der Waals surface area contributed by atoms with Gasteiger partial charge in [0.2, 0.25) is 0 Å². The van der Waals surface area contributed by atoms with Crippen LogP contribution in [0.15, 0.2) is 95.9 Å². The Morgan fingerprint density at radius 1 is 0.676 bits per heavy atom. The van der Waals surface area contributed by atoms with Crippen LogP contribution in [-0.4, -0.2) is 20.0 Å². The largest absolute Gasteiger partial charge is 0.378 e. The van der Waals surface area contributed by atoms with Gasteiger partial charge in [-0.15, -0.1) is 0 Å². The summed E-state index contributed by atoms with van der Waals surface area (Å²) in [5, 5.41) is 3.16. The fraction of sp³-hybridized carbons (Fsp3) is 0.0370. The highest BCUT2D eigenvalue weighted by Crippen LogP contribution is 2.39. The van der Waals surface area contributed by atoms with Crippen LogP contribution in [0, 0.1) is 6.92 Å². The van der Waals surface area contributed by atoms with Crippen molar-refractivity contribution >= 4 is 33.1 Å². The van der Waals surface area contributed by atoms with E-state index in [1.54, 1.807) is 42.5 Å². The molecule has 6 nitrogen and oxygen atoms in total. The molecule has 5 rings (SSSR count). The molecule has 4 aromatic rings. The lowest BCUT2D eigenvalue weighted by molar-refractivity contribution is 0.0978. The van der Waals surface area contributed by atoms with E-state index in [-0.39, 0.29) is 38.7 Å². The number of ketones is 2. The molecule has 7 heteroatoms. The van der Waals surface area contributed by atoms with Crippen LogP contribution in [-0.2, 0) is 10.1 Å². The molecular formula is C27H19NO5S. The Labute approximate surface area is 197 Å². The van der Waals surface area contributed by atoms with Gasteiger partial charge in [0, 0.05) is 16.8 Å². The van der Waals surface area contributed by atoms with Crippen LogP contribution in [0.3, 0.4) is 0 Å². The van der Waals surface area contributed by atoms with E-state index in [4.69, 9.17) is 4.18 Å². The number of para-hydroxylation sites is 1. The fourth-order valence-electron chi connectivity index (χ4n) is 3.92. The molecule has 0 heterocycles. The van der Waals surface area contributed by atoms with Gasteiger partial charge < -0.3 is 9.50 Å². The van der Waals surface area contributed by atoms with Crippen LogP contribution >= 0.6 is 0 Å². The Morgan fingerprint density at radius 3 is 1.91 bits per heavy atom. The lowest BCUT2D eigenvalue weighted by Gasteiger charge is -2.23. The summed E-state index contributed by atoms with van der Waals surface area (Å²) >= 11 is 0. The molecule has 0 atom stereocenters. The number of carbonyl (C=O) groups is 2. The molecule has 0 unspecified atom stereocenters. The van der Waals surface area contributed by atoms with Crippen molar-refractivity contribution in [1.29, 1.82) is 0 Å². The highest BCUT2D eigenvalue weighted by molar-refractivity contribution is 7.87. The molecule has 34 heavy (non-hydrogen) atoms. The first-order chi connectivity index (χ1) is 16.3. The maximum absolute atomic E-state index is 13.5. The number of nitrogens with one attached hydrogen (secondary N) is 1. The minimum absolute atomic E-state index is 0.0478. The number of anilines is 2. The third-order valence-electron chi connectivity index (χ3n) is 5.60. The maximum atomic E-state index is 13.5. The van der Waals surface area contributed by atoms with E-state index in [1.807, 2.05) is 37.3 Å². The molecule has 0 radical (unpaired) electrons. The average Bonchev–Trinajstić information content (AvgIpc) is 2.84. The van der Waals surface area contributed by atoms with Gasteiger partial charge in [0.25, 0.3) is 0 Å². The lowest BCUT2D eigenvalue weighted by Crippen LogP contribution is -2.24. The molecule has 0 spiro atoms. The summed E-state index contributed by atoms with van der Waals surface area (Å²) in [7, 11) is -4.24. The quantitative estimate of drug-likeness (QED) is 0.352. The first-order valence-electron chi connectivity index (χ1n) is 10.5. The van der Waals surface area contributed by atoms with Crippen molar-refractivity contribution in [1.82, 2.24) is 0 Å². The Kier molecular flexibility index (Phi) is 5.26. The standard InChI is InChI=1S/C27H19NO5S/c1-17-11-13-19(14-12-17)34(31,32)33-23-16-15-22(28-18-7-3-2-4-8-18)24-25(23)27(30)21-10-6-5-9-20(21)26(24)29/h2-16,28H,1H3. The van der Waals surface area contributed by atoms with Crippen LogP contribution in [0.4, 0.5) is 11.4 Å². The zero-order valence-electron chi connectivity index (χ0n) is 18.1. The Balaban J connectivity index is 1.66. The second-order valence-corrected chi connectivity index (χ2v) is 9.45. The summed E-state index contributed by atoms with van der Waals surface area (Å²) in [6, 6.07) is 24.8. The second kappa shape index (κ2) is 8.28. The zero-order valence-corrected chi connectivity index (χ0v) is 18.9. The van der Waals surface area contributed by atoms with Crippen LogP contribution in [0.1, 0.15) is 37.4 Å². The molecule has 0 bridgehead atoms. The molecule has 168 valence electrons. The van der Waals surface area contributed by atoms with Gasteiger partial charge in [0.1, 0.15) is 4.90 Å². The van der Waals surface area contributed by atoms with Crippen LogP contribution < -0.4 is 9.50 Å². The maximum Gasteiger partial charge on any atom is 0.339 e. The summed E-state index contributed by atoms with van der Waals surface area (Å²) in [6.07, 6.45) is 0. The number of benzene rings is 4.